The third-order valence-electron chi connectivity index (χ3n) is 3.10. The molecule has 0 radical (unpaired) electrons. The van der Waals surface area contributed by atoms with Crippen LogP contribution < -0.4 is 11.3 Å². The van der Waals surface area contributed by atoms with Crippen molar-refractivity contribution in [3.8, 4) is 0 Å². The summed E-state index contributed by atoms with van der Waals surface area (Å²) in [5.74, 6) is 7.05. The summed E-state index contributed by atoms with van der Waals surface area (Å²) in [6, 6.07) is 6.44. The molecule has 1 aromatic carbocycles. The number of furan rings is 1. The molecule has 0 amide bonds. The lowest BCUT2D eigenvalue weighted by molar-refractivity contribution is 0.495. The molecule has 0 saturated carbocycles. The van der Waals surface area contributed by atoms with Gasteiger partial charge in [0.25, 0.3) is 0 Å². The van der Waals surface area contributed by atoms with Crippen LogP contribution in [0.3, 0.4) is 0 Å². The first-order valence-electron chi connectivity index (χ1n) is 5.82. The number of benzene rings is 1. The molecule has 0 saturated heterocycles. The maximum absolute atomic E-state index is 13.1. The minimum Gasteiger partial charge on any atom is -0.466 e. The molecular weight excluding hydrogens is 231 g/mol. The highest BCUT2D eigenvalue weighted by Crippen LogP contribution is 2.29. The maximum Gasteiger partial charge on any atom is 0.123 e. The van der Waals surface area contributed by atoms with Crippen LogP contribution in [0.2, 0.25) is 0 Å². The summed E-state index contributed by atoms with van der Waals surface area (Å²) < 4.78 is 18.6. The summed E-state index contributed by atoms with van der Waals surface area (Å²) in [5, 5.41) is 0. The van der Waals surface area contributed by atoms with E-state index in [-0.39, 0.29) is 11.9 Å². The highest BCUT2D eigenvalue weighted by Gasteiger charge is 2.19. The highest BCUT2D eigenvalue weighted by molar-refractivity contribution is 5.38. The van der Waals surface area contributed by atoms with Gasteiger partial charge in [0.05, 0.1) is 6.04 Å². The highest BCUT2D eigenvalue weighted by atomic mass is 19.1. The third-order valence-corrected chi connectivity index (χ3v) is 3.10. The standard InChI is InChI=1S/C14H17FN2O/c1-8-6-11(15)4-5-12(8)14(17-16)13-7-9(2)18-10(13)3/h4-7,14,17H,16H2,1-3H3. The van der Waals surface area contributed by atoms with Crippen LogP contribution in [0.5, 0.6) is 0 Å². The zero-order valence-corrected chi connectivity index (χ0v) is 10.8. The van der Waals surface area contributed by atoms with E-state index in [0.717, 1.165) is 28.2 Å². The fourth-order valence-electron chi connectivity index (χ4n) is 2.25. The van der Waals surface area contributed by atoms with Gasteiger partial charge in [0.15, 0.2) is 0 Å². The first-order chi connectivity index (χ1) is 8.52. The molecule has 0 aliphatic heterocycles. The number of hydrazine groups is 1. The number of nitrogens with one attached hydrogen (secondary N) is 1. The van der Waals surface area contributed by atoms with Gasteiger partial charge in [0.2, 0.25) is 0 Å². The Hall–Kier alpha value is -1.65. The third kappa shape index (κ3) is 2.30. The first kappa shape index (κ1) is 12.8. The lowest BCUT2D eigenvalue weighted by Gasteiger charge is -2.18. The SMILES string of the molecule is Cc1cc(C(NN)c2ccc(F)cc2C)c(C)o1. The van der Waals surface area contributed by atoms with E-state index in [1.54, 1.807) is 6.07 Å². The van der Waals surface area contributed by atoms with Crippen molar-refractivity contribution in [2.45, 2.75) is 26.8 Å². The van der Waals surface area contributed by atoms with E-state index in [1.165, 1.54) is 12.1 Å². The van der Waals surface area contributed by atoms with Crippen LogP contribution in [0.4, 0.5) is 4.39 Å². The van der Waals surface area contributed by atoms with Gasteiger partial charge < -0.3 is 4.42 Å². The van der Waals surface area contributed by atoms with Gasteiger partial charge in [-0.25, -0.2) is 9.82 Å². The molecule has 2 rings (SSSR count). The zero-order valence-electron chi connectivity index (χ0n) is 10.8. The predicted octanol–water partition coefficient (Wildman–Crippen LogP) is 2.90. The average molecular weight is 248 g/mol. The Morgan fingerprint density at radius 3 is 2.39 bits per heavy atom. The van der Waals surface area contributed by atoms with Gasteiger partial charge in [-0.05, 0) is 50.1 Å². The second-order valence-corrected chi connectivity index (χ2v) is 4.47. The summed E-state index contributed by atoms with van der Waals surface area (Å²) in [6.07, 6.45) is 0. The number of hydrogen-bond acceptors (Lipinski definition) is 3. The smallest absolute Gasteiger partial charge is 0.123 e. The van der Waals surface area contributed by atoms with Crippen molar-refractivity contribution in [2.24, 2.45) is 5.84 Å². The monoisotopic (exact) mass is 248 g/mol. The van der Waals surface area contributed by atoms with E-state index < -0.39 is 0 Å². The van der Waals surface area contributed by atoms with Gasteiger partial charge >= 0.3 is 0 Å². The molecule has 3 N–H and O–H groups in total. The molecule has 2 aromatic rings. The molecule has 1 unspecified atom stereocenters. The molecule has 0 aliphatic rings. The topological polar surface area (TPSA) is 51.2 Å². The Morgan fingerprint density at radius 2 is 1.89 bits per heavy atom. The van der Waals surface area contributed by atoms with Gasteiger partial charge in [-0.2, -0.15) is 0 Å². The Morgan fingerprint density at radius 1 is 1.17 bits per heavy atom. The fourth-order valence-corrected chi connectivity index (χ4v) is 2.25. The Bertz CT molecular complexity index is 563. The second kappa shape index (κ2) is 4.92. The Labute approximate surface area is 106 Å². The van der Waals surface area contributed by atoms with Crippen molar-refractivity contribution in [1.82, 2.24) is 5.43 Å². The normalized spacial score (nSPS) is 12.7. The summed E-state index contributed by atoms with van der Waals surface area (Å²) in [6.45, 7) is 5.65. The van der Waals surface area contributed by atoms with Crippen LogP contribution in [0.1, 0.15) is 34.3 Å². The first-order valence-corrected chi connectivity index (χ1v) is 5.82. The summed E-state index contributed by atoms with van der Waals surface area (Å²) in [5.41, 5.74) is 5.55. The molecule has 0 spiro atoms. The van der Waals surface area contributed by atoms with Gasteiger partial charge in [-0.15, -0.1) is 0 Å². The number of nitrogens with two attached hydrogens (primary N) is 1. The minimum absolute atomic E-state index is 0.192. The van der Waals surface area contributed by atoms with E-state index in [9.17, 15) is 4.39 Å². The average Bonchev–Trinajstić information content (AvgIpc) is 2.62. The van der Waals surface area contributed by atoms with Crippen molar-refractivity contribution in [3.05, 3.63) is 58.3 Å². The molecule has 0 fully saturated rings. The van der Waals surface area contributed by atoms with Crippen molar-refractivity contribution in [1.29, 1.82) is 0 Å². The number of hydrogen-bond donors (Lipinski definition) is 2. The van der Waals surface area contributed by atoms with Crippen molar-refractivity contribution in [2.75, 3.05) is 0 Å². The van der Waals surface area contributed by atoms with Gasteiger partial charge in [-0.3, -0.25) is 5.84 Å². The maximum atomic E-state index is 13.1. The summed E-state index contributed by atoms with van der Waals surface area (Å²) in [4.78, 5) is 0. The molecule has 3 nitrogen and oxygen atoms in total. The summed E-state index contributed by atoms with van der Waals surface area (Å²) >= 11 is 0. The molecule has 1 heterocycles. The predicted molar refractivity (Wildman–Crippen MR) is 68.5 cm³/mol. The van der Waals surface area contributed by atoms with E-state index >= 15 is 0 Å². The van der Waals surface area contributed by atoms with Gasteiger partial charge in [0, 0.05) is 5.56 Å². The largest absolute Gasteiger partial charge is 0.466 e. The second-order valence-electron chi connectivity index (χ2n) is 4.47. The van der Waals surface area contributed by atoms with Crippen LogP contribution >= 0.6 is 0 Å². The fraction of sp³-hybridized carbons (Fsp3) is 0.286. The number of halogens is 1. The quantitative estimate of drug-likeness (QED) is 0.648. The molecule has 96 valence electrons. The number of aryl methyl sites for hydroxylation is 3. The van der Waals surface area contributed by atoms with Crippen LogP contribution in [0, 0.1) is 26.6 Å². The molecule has 18 heavy (non-hydrogen) atoms. The Balaban J connectivity index is 2.48. The summed E-state index contributed by atoms with van der Waals surface area (Å²) in [7, 11) is 0. The molecule has 0 aliphatic carbocycles. The number of rotatable bonds is 3. The van der Waals surface area contributed by atoms with Crippen molar-refractivity contribution >= 4 is 0 Å². The van der Waals surface area contributed by atoms with Crippen molar-refractivity contribution in [3.63, 3.8) is 0 Å². The van der Waals surface area contributed by atoms with Gasteiger partial charge in [-0.1, -0.05) is 6.07 Å². The molecule has 1 aromatic heterocycles. The van der Waals surface area contributed by atoms with Crippen molar-refractivity contribution < 1.29 is 8.81 Å². The Kier molecular flexibility index (Phi) is 3.50. The molecule has 1 atom stereocenters. The lowest BCUT2D eigenvalue weighted by atomic mass is 9.95. The van der Waals surface area contributed by atoms with Crippen LogP contribution in [-0.4, -0.2) is 0 Å². The van der Waals surface area contributed by atoms with Crippen LogP contribution in [0.25, 0.3) is 0 Å². The molecule has 4 heteroatoms. The van der Waals surface area contributed by atoms with E-state index in [2.05, 4.69) is 5.43 Å². The molecular formula is C14H17FN2O. The zero-order chi connectivity index (χ0) is 13.3. The van der Waals surface area contributed by atoms with Crippen LogP contribution in [0.15, 0.2) is 28.7 Å². The lowest BCUT2D eigenvalue weighted by Crippen LogP contribution is -2.29. The van der Waals surface area contributed by atoms with Crippen LogP contribution in [-0.2, 0) is 0 Å². The van der Waals surface area contributed by atoms with E-state index in [4.69, 9.17) is 10.3 Å². The molecule has 0 bridgehead atoms. The van der Waals surface area contributed by atoms with E-state index in [1.807, 2.05) is 26.8 Å². The van der Waals surface area contributed by atoms with Gasteiger partial charge in [0.1, 0.15) is 17.3 Å². The van der Waals surface area contributed by atoms with E-state index in [0.29, 0.717) is 0 Å². The minimum atomic E-state index is -0.243.